The lowest BCUT2D eigenvalue weighted by atomic mass is 9.73. The number of nitrogens with one attached hydrogen (secondary N) is 1. The maximum absolute atomic E-state index is 12.9. The fourth-order valence-corrected chi connectivity index (χ4v) is 4.91. The van der Waals surface area contributed by atoms with Crippen molar-refractivity contribution in [2.45, 2.75) is 77.4 Å². The van der Waals surface area contributed by atoms with Crippen LogP contribution < -0.4 is 10.1 Å². The van der Waals surface area contributed by atoms with Crippen LogP contribution in [-0.2, 0) is 23.7 Å². The number of carbonyl (C=O) groups excluding carboxylic acids is 2. The first kappa shape index (κ1) is 31.3. The van der Waals surface area contributed by atoms with E-state index in [1.807, 2.05) is 40.7 Å². The molecule has 1 saturated heterocycles. The van der Waals surface area contributed by atoms with Gasteiger partial charge in [-0.3, -0.25) is 10.1 Å². The Labute approximate surface area is 234 Å². The largest absolute Gasteiger partial charge is 0.513 e. The molecule has 1 saturated carbocycles. The smallest absolute Gasteiger partial charge is 0.443 e. The summed E-state index contributed by atoms with van der Waals surface area (Å²) >= 11 is 0. The van der Waals surface area contributed by atoms with E-state index in [2.05, 4.69) is 5.32 Å². The van der Waals surface area contributed by atoms with Gasteiger partial charge in [-0.1, -0.05) is 25.5 Å². The summed E-state index contributed by atoms with van der Waals surface area (Å²) in [5, 5.41) is 13.5. The van der Waals surface area contributed by atoms with Crippen LogP contribution in [0.5, 0.6) is 5.75 Å². The van der Waals surface area contributed by atoms with Gasteiger partial charge in [0, 0.05) is 25.2 Å². The summed E-state index contributed by atoms with van der Waals surface area (Å²) in [4.78, 5) is 35.3. The standard InChI is InChI=1S/C28H40N2O10/c1-17(2)12-14-36-19(5)24-25(35-6)23(11-13-28(24)16-38-28)40-26(31)29-22(18(3)4)15-37-27(32)39-21-9-7-20(8-10-21)30(33)34/h7-10,12,18-19,22-25H,11,13-16H2,1-6H3,(H,29,31)/t19?,22-,23?,24?,25?,28?/m0/s1. The van der Waals surface area contributed by atoms with Gasteiger partial charge in [0.05, 0.1) is 35.9 Å². The van der Waals surface area contributed by atoms with Crippen molar-refractivity contribution in [3.63, 3.8) is 0 Å². The minimum atomic E-state index is -0.999. The molecule has 2 aliphatic rings. The molecule has 1 aliphatic carbocycles. The molecule has 40 heavy (non-hydrogen) atoms. The summed E-state index contributed by atoms with van der Waals surface area (Å²) in [6, 6.07) is 4.47. The second-order valence-corrected chi connectivity index (χ2v) is 10.8. The molecule has 1 N–H and O–H groups in total. The van der Waals surface area contributed by atoms with E-state index >= 15 is 0 Å². The summed E-state index contributed by atoms with van der Waals surface area (Å²) in [5.74, 6) is -0.116. The van der Waals surface area contributed by atoms with Crippen LogP contribution in [0.4, 0.5) is 15.3 Å². The molecule has 1 heterocycles. The average molecular weight is 565 g/mol. The van der Waals surface area contributed by atoms with E-state index in [-0.39, 0.29) is 41.6 Å². The highest BCUT2D eigenvalue weighted by molar-refractivity contribution is 5.68. The molecule has 1 spiro atoms. The monoisotopic (exact) mass is 564 g/mol. The third-order valence-electron chi connectivity index (χ3n) is 7.32. The SMILES string of the molecule is COC1C(OC(=O)N[C@@H](COC(=O)Oc2ccc([N+](=O)[O-])cc2)C(C)C)CCC2(CO2)C1C(C)OCC=C(C)C. The van der Waals surface area contributed by atoms with Crippen molar-refractivity contribution in [3.8, 4) is 5.75 Å². The van der Waals surface area contributed by atoms with Crippen molar-refractivity contribution in [2.75, 3.05) is 26.9 Å². The number of nitro groups is 1. The summed E-state index contributed by atoms with van der Waals surface area (Å²) in [6.45, 7) is 10.7. The summed E-state index contributed by atoms with van der Waals surface area (Å²) in [5.41, 5.74) is 0.700. The number of allylic oxidation sites excluding steroid dienone is 1. The van der Waals surface area contributed by atoms with Gasteiger partial charge in [0.15, 0.2) is 0 Å². The zero-order valence-electron chi connectivity index (χ0n) is 23.9. The Kier molecular flexibility index (Phi) is 10.9. The Balaban J connectivity index is 1.55. The number of non-ortho nitro benzene ring substituents is 1. The van der Waals surface area contributed by atoms with Gasteiger partial charge in [0.25, 0.3) is 5.69 Å². The number of benzene rings is 1. The van der Waals surface area contributed by atoms with Crippen molar-refractivity contribution >= 4 is 17.9 Å². The number of nitrogens with zero attached hydrogens (tertiary/aromatic N) is 1. The molecule has 222 valence electrons. The average Bonchev–Trinajstić information content (AvgIpc) is 3.66. The Morgan fingerprint density at radius 1 is 1.23 bits per heavy atom. The van der Waals surface area contributed by atoms with Crippen LogP contribution in [-0.4, -0.2) is 74.1 Å². The highest BCUT2D eigenvalue weighted by atomic mass is 16.7. The van der Waals surface area contributed by atoms with Crippen LogP contribution in [0.2, 0.25) is 0 Å². The Hall–Kier alpha value is -3.22. The Morgan fingerprint density at radius 2 is 1.90 bits per heavy atom. The van der Waals surface area contributed by atoms with Crippen molar-refractivity contribution < 1.29 is 42.9 Å². The Bertz CT molecular complexity index is 1050. The second-order valence-electron chi connectivity index (χ2n) is 10.8. The van der Waals surface area contributed by atoms with E-state index in [1.54, 1.807) is 7.11 Å². The van der Waals surface area contributed by atoms with Gasteiger partial charge in [-0.05, 0) is 51.7 Å². The number of rotatable bonds is 12. The zero-order valence-corrected chi connectivity index (χ0v) is 23.9. The van der Waals surface area contributed by atoms with Crippen molar-refractivity contribution in [1.29, 1.82) is 0 Å². The van der Waals surface area contributed by atoms with Crippen molar-refractivity contribution in [3.05, 3.63) is 46.0 Å². The van der Waals surface area contributed by atoms with Gasteiger partial charge in [-0.25, -0.2) is 9.59 Å². The third kappa shape index (κ3) is 8.39. The van der Waals surface area contributed by atoms with Crippen LogP contribution in [0.25, 0.3) is 0 Å². The van der Waals surface area contributed by atoms with Crippen LogP contribution in [0.3, 0.4) is 0 Å². The van der Waals surface area contributed by atoms with Crippen molar-refractivity contribution in [1.82, 2.24) is 5.32 Å². The highest BCUT2D eigenvalue weighted by Gasteiger charge is 2.61. The van der Waals surface area contributed by atoms with E-state index in [1.165, 1.54) is 24.3 Å². The maximum atomic E-state index is 12.9. The van der Waals surface area contributed by atoms with Gasteiger partial charge in [0.1, 0.15) is 24.6 Å². The highest BCUT2D eigenvalue weighted by Crippen LogP contribution is 2.49. The maximum Gasteiger partial charge on any atom is 0.513 e. The number of nitro benzene ring substituents is 1. The first-order valence-electron chi connectivity index (χ1n) is 13.4. The van der Waals surface area contributed by atoms with Gasteiger partial charge >= 0.3 is 12.2 Å². The number of ether oxygens (including phenoxy) is 6. The molecule has 0 bridgehead atoms. The first-order chi connectivity index (χ1) is 19.0. The molecule has 6 atom stereocenters. The number of amides is 1. The predicted molar refractivity (Wildman–Crippen MR) is 144 cm³/mol. The number of epoxide rings is 1. The minimum Gasteiger partial charge on any atom is -0.443 e. The van der Waals surface area contributed by atoms with Crippen LogP contribution in [0.1, 0.15) is 47.5 Å². The molecule has 1 aromatic rings. The molecule has 0 aromatic heterocycles. The van der Waals surface area contributed by atoms with Crippen LogP contribution in [0, 0.1) is 22.0 Å². The van der Waals surface area contributed by atoms with Crippen molar-refractivity contribution in [2.24, 2.45) is 11.8 Å². The number of hydrogen-bond donors (Lipinski definition) is 1. The fraction of sp³-hybridized carbons (Fsp3) is 0.643. The molecule has 0 radical (unpaired) electrons. The molecule has 1 aromatic carbocycles. The first-order valence-corrected chi connectivity index (χ1v) is 13.4. The zero-order chi connectivity index (χ0) is 29.4. The van der Waals surface area contributed by atoms with E-state index < -0.39 is 35.4 Å². The topological polar surface area (TPSA) is 148 Å². The molecule has 3 rings (SSSR count). The molecule has 5 unspecified atom stereocenters. The molecule has 1 amide bonds. The number of carbonyl (C=O) groups is 2. The number of methoxy groups -OCH3 is 1. The van der Waals surface area contributed by atoms with Crippen LogP contribution >= 0.6 is 0 Å². The van der Waals surface area contributed by atoms with E-state index in [0.29, 0.717) is 19.6 Å². The fourth-order valence-electron chi connectivity index (χ4n) is 4.91. The normalized spacial score (nSPS) is 25.0. The third-order valence-corrected chi connectivity index (χ3v) is 7.32. The molecular weight excluding hydrogens is 524 g/mol. The minimum absolute atomic E-state index is 0.0938. The van der Waals surface area contributed by atoms with E-state index in [9.17, 15) is 19.7 Å². The van der Waals surface area contributed by atoms with Gasteiger partial charge < -0.3 is 33.7 Å². The molecule has 12 heteroatoms. The van der Waals surface area contributed by atoms with Gasteiger partial charge in [-0.2, -0.15) is 0 Å². The summed E-state index contributed by atoms with van der Waals surface area (Å²) in [7, 11) is 1.59. The number of hydrogen-bond acceptors (Lipinski definition) is 10. The summed E-state index contributed by atoms with van der Waals surface area (Å²) < 4.78 is 33.9. The Morgan fingerprint density at radius 3 is 2.45 bits per heavy atom. The molecule has 12 nitrogen and oxygen atoms in total. The van der Waals surface area contributed by atoms with E-state index in [0.717, 1.165) is 12.0 Å². The lowest BCUT2D eigenvalue weighted by Crippen LogP contribution is -2.55. The number of alkyl carbamates (subject to hydrolysis) is 1. The molecule has 1 aliphatic heterocycles. The van der Waals surface area contributed by atoms with Gasteiger partial charge in [-0.15, -0.1) is 0 Å². The van der Waals surface area contributed by atoms with Crippen LogP contribution in [0.15, 0.2) is 35.9 Å². The predicted octanol–water partition coefficient (Wildman–Crippen LogP) is 4.79. The second kappa shape index (κ2) is 13.9. The quantitative estimate of drug-likeness (QED) is 0.0937. The van der Waals surface area contributed by atoms with Gasteiger partial charge in [0.2, 0.25) is 0 Å². The molecular formula is C28H40N2O10. The summed E-state index contributed by atoms with van der Waals surface area (Å²) in [6.07, 6.45) is 0.540. The lowest BCUT2D eigenvalue weighted by molar-refractivity contribution is -0.384. The lowest BCUT2D eigenvalue weighted by Gasteiger charge is -2.43. The molecule has 2 fully saturated rings. The van der Waals surface area contributed by atoms with E-state index in [4.69, 9.17) is 28.4 Å².